The van der Waals surface area contributed by atoms with Crippen LogP contribution in [0, 0.1) is 12.7 Å². The highest BCUT2D eigenvalue weighted by Gasteiger charge is 1.98. The Morgan fingerprint density at radius 3 is 2.69 bits per heavy atom. The van der Waals surface area contributed by atoms with E-state index in [2.05, 4.69) is 0 Å². The topological polar surface area (TPSA) is 18.5 Å². The first-order valence-electron chi connectivity index (χ1n) is 4.12. The van der Waals surface area contributed by atoms with Crippen molar-refractivity contribution in [1.29, 1.82) is 0 Å². The average Bonchev–Trinajstić information content (AvgIpc) is 2.12. The van der Waals surface area contributed by atoms with Gasteiger partial charge < -0.3 is 9.47 Å². The quantitative estimate of drug-likeness (QED) is 0.667. The van der Waals surface area contributed by atoms with Crippen LogP contribution in [0.4, 0.5) is 4.39 Å². The molecule has 0 aliphatic rings. The summed E-state index contributed by atoms with van der Waals surface area (Å²) in [5.41, 5.74) is 0.593. The average molecular weight is 184 g/mol. The molecular weight excluding hydrogens is 171 g/mol. The molecule has 0 saturated heterocycles. The van der Waals surface area contributed by atoms with E-state index in [1.54, 1.807) is 26.2 Å². The number of ether oxygens (including phenoxy) is 2. The summed E-state index contributed by atoms with van der Waals surface area (Å²) in [5.74, 6) is 0.468. The van der Waals surface area contributed by atoms with Crippen LogP contribution in [0.2, 0.25) is 0 Å². The van der Waals surface area contributed by atoms with Crippen molar-refractivity contribution in [3.05, 3.63) is 29.6 Å². The van der Waals surface area contributed by atoms with Gasteiger partial charge in [0, 0.05) is 7.11 Å². The summed E-state index contributed by atoms with van der Waals surface area (Å²) in [6, 6.07) is 4.68. The summed E-state index contributed by atoms with van der Waals surface area (Å²) in [6.07, 6.45) is 0. The predicted molar refractivity (Wildman–Crippen MR) is 48.5 cm³/mol. The molecule has 1 aromatic carbocycles. The van der Waals surface area contributed by atoms with Crippen LogP contribution < -0.4 is 4.74 Å². The predicted octanol–water partition coefficient (Wildman–Crippen LogP) is 2.16. The maximum atomic E-state index is 12.8. The molecule has 1 rings (SSSR count). The zero-order valence-electron chi connectivity index (χ0n) is 7.84. The van der Waals surface area contributed by atoms with Gasteiger partial charge in [0.2, 0.25) is 0 Å². The van der Waals surface area contributed by atoms with Crippen LogP contribution in [0.5, 0.6) is 5.75 Å². The molecule has 0 saturated carbocycles. The van der Waals surface area contributed by atoms with Gasteiger partial charge in [-0.05, 0) is 30.7 Å². The fraction of sp³-hybridized carbons (Fsp3) is 0.400. The van der Waals surface area contributed by atoms with Gasteiger partial charge in [-0.15, -0.1) is 0 Å². The SMILES string of the molecule is COCCOc1ccc(F)c(C)c1. The van der Waals surface area contributed by atoms with Crippen molar-refractivity contribution in [2.24, 2.45) is 0 Å². The molecule has 13 heavy (non-hydrogen) atoms. The number of rotatable bonds is 4. The van der Waals surface area contributed by atoms with Gasteiger partial charge in [0.05, 0.1) is 6.61 Å². The van der Waals surface area contributed by atoms with Crippen LogP contribution in [0.1, 0.15) is 5.56 Å². The second kappa shape index (κ2) is 4.82. The second-order valence-corrected chi connectivity index (χ2v) is 2.75. The zero-order chi connectivity index (χ0) is 9.68. The number of aryl methyl sites for hydroxylation is 1. The van der Waals surface area contributed by atoms with Crippen molar-refractivity contribution in [3.8, 4) is 5.75 Å². The van der Waals surface area contributed by atoms with E-state index in [0.29, 0.717) is 24.5 Å². The minimum Gasteiger partial charge on any atom is -0.491 e. The minimum absolute atomic E-state index is 0.209. The molecule has 72 valence electrons. The molecule has 0 amide bonds. The molecule has 2 nitrogen and oxygen atoms in total. The Balaban J connectivity index is 2.53. The largest absolute Gasteiger partial charge is 0.491 e. The molecule has 0 N–H and O–H groups in total. The third-order valence-corrected chi connectivity index (χ3v) is 1.69. The van der Waals surface area contributed by atoms with Gasteiger partial charge in [0.15, 0.2) is 0 Å². The van der Waals surface area contributed by atoms with Crippen LogP contribution in [0.3, 0.4) is 0 Å². The van der Waals surface area contributed by atoms with Gasteiger partial charge in [-0.2, -0.15) is 0 Å². The molecule has 0 aromatic heterocycles. The Morgan fingerprint density at radius 2 is 2.08 bits per heavy atom. The third kappa shape index (κ3) is 3.03. The lowest BCUT2D eigenvalue weighted by molar-refractivity contribution is 0.146. The fourth-order valence-corrected chi connectivity index (χ4v) is 0.950. The fourth-order valence-electron chi connectivity index (χ4n) is 0.950. The number of halogens is 1. The highest BCUT2D eigenvalue weighted by molar-refractivity contribution is 5.28. The third-order valence-electron chi connectivity index (χ3n) is 1.69. The van der Waals surface area contributed by atoms with E-state index in [9.17, 15) is 4.39 Å². The molecule has 0 atom stereocenters. The molecule has 1 aromatic rings. The summed E-state index contributed by atoms with van der Waals surface area (Å²) in [4.78, 5) is 0. The van der Waals surface area contributed by atoms with Gasteiger partial charge in [-0.3, -0.25) is 0 Å². The van der Waals surface area contributed by atoms with E-state index in [0.717, 1.165) is 0 Å². The standard InChI is InChI=1S/C10H13FO2/c1-8-7-9(3-4-10(8)11)13-6-5-12-2/h3-4,7H,5-6H2,1-2H3. The monoisotopic (exact) mass is 184 g/mol. The van der Waals surface area contributed by atoms with Crippen LogP contribution >= 0.6 is 0 Å². The van der Waals surface area contributed by atoms with E-state index in [1.807, 2.05) is 0 Å². The molecule has 0 fully saturated rings. The molecule has 0 bridgehead atoms. The maximum absolute atomic E-state index is 12.8. The van der Waals surface area contributed by atoms with Crippen molar-refractivity contribution in [3.63, 3.8) is 0 Å². The summed E-state index contributed by atoms with van der Waals surface area (Å²) in [7, 11) is 1.61. The van der Waals surface area contributed by atoms with Crippen molar-refractivity contribution >= 4 is 0 Å². The Kier molecular flexibility index (Phi) is 3.71. The summed E-state index contributed by atoms with van der Waals surface area (Å²) >= 11 is 0. The highest BCUT2D eigenvalue weighted by atomic mass is 19.1. The number of benzene rings is 1. The molecule has 3 heteroatoms. The lowest BCUT2D eigenvalue weighted by atomic mass is 10.2. The first kappa shape index (κ1) is 9.99. The Morgan fingerprint density at radius 1 is 1.31 bits per heavy atom. The Hall–Kier alpha value is -1.09. The first-order chi connectivity index (χ1) is 6.24. The van der Waals surface area contributed by atoms with E-state index >= 15 is 0 Å². The Labute approximate surface area is 77.3 Å². The van der Waals surface area contributed by atoms with Gasteiger partial charge in [0.1, 0.15) is 18.2 Å². The summed E-state index contributed by atoms with van der Waals surface area (Å²) in [5, 5.41) is 0. The van der Waals surface area contributed by atoms with Crippen LogP contribution in [-0.2, 0) is 4.74 Å². The number of hydrogen-bond acceptors (Lipinski definition) is 2. The molecule has 0 heterocycles. The zero-order valence-corrected chi connectivity index (χ0v) is 7.84. The van der Waals surface area contributed by atoms with Gasteiger partial charge >= 0.3 is 0 Å². The lowest BCUT2D eigenvalue weighted by Gasteiger charge is -2.06. The summed E-state index contributed by atoms with van der Waals surface area (Å²) < 4.78 is 22.9. The molecule has 0 aliphatic heterocycles. The molecule has 0 radical (unpaired) electrons. The normalized spacial score (nSPS) is 10.1. The van der Waals surface area contributed by atoms with Crippen LogP contribution in [0.25, 0.3) is 0 Å². The van der Waals surface area contributed by atoms with Gasteiger partial charge in [-0.1, -0.05) is 0 Å². The Bertz CT molecular complexity index is 274. The molecule has 0 spiro atoms. The summed E-state index contributed by atoms with van der Waals surface area (Å²) in [6.45, 7) is 2.73. The number of hydrogen-bond donors (Lipinski definition) is 0. The highest BCUT2D eigenvalue weighted by Crippen LogP contribution is 2.15. The second-order valence-electron chi connectivity index (χ2n) is 2.75. The van der Waals surface area contributed by atoms with E-state index < -0.39 is 0 Å². The molecule has 0 aliphatic carbocycles. The van der Waals surface area contributed by atoms with E-state index in [-0.39, 0.29) is 5.82 Å². The van der Waals surface area contributed by atoms with Gasteiger partial charge in [0.25, 0.3) is 0 Å². The van der Waals surface area contributed by atoms with Crippen molar-refractivity contribution < 1.29 is 13.9 Å². The van der Waals surface area contributed by atoms with Crippen molar-refractivity contribution in [2.75, 3.05) is 20.3 Å². The van der Waals surface area contributed by atoms with Crippen molar-refractivity contribution in [1.82, 2.24) is 0 Å². The van der Waals surface area contributed by atoms with E-state index in [1.165, 1.54) is 6.07 Å². The van der Waals surface area contributed by atoms with Crippen LogP contribution in [-0.4, -0.2) is 20.3 Å². The maximum Gasteiger partial charge on any atom is 0.126 e. The van der Waals surface area contributed by atoms with E-state index in [4.69, 9.17) is 9.47 Å². The lowest BCUT2D eigenvalue weighted by Crippen LogP contribution is -2.04. The molecule has 0 unspecified atom stereocenters. The molecular formula is C10H13FO2. The minimum atomic E-state index is -0.209. The van der Waals surface area contributed by atoms with Crippen molar-refractivity contribution in [2.45, 2.75) is 6.92 Å². The smallest absolute Gasteiger partial charge is 0.126 e. The van der Waals surface area contributed by atoms with Crippen LogP contribution in [0.15, 0.2) is 18.2 Å². The first-order valence-corrected chi connectivity index (χ1v) is 4.12. The number of methoxy groups -OCH3 is 1. The van der Waals surface area contributed by atoms with Gasteiger partial charge in [-0.25, -0.2) is 4.39 Å².